The van der Waals surface area contributed by atoms with E-state index in [2.05, 4.69) is 75.8 Å². The first-order valence-corrected chi connectivity index (χ1v) is 8.71. The van der Waals surface area contributed by atoms with Crippen LogP contribution in [0, 0.1) is 0 Å². The highest BCUT2D eigenvalue weighted by Crippen LogP contribution is 2.34. The first kappa shape index (κ1) is 14.7. The number of pyridine rings is 1. The van der Waals surface area contributed by atoms with Crippen LogP contribution in [-0.2, 0) is 0 Å². The number of nitrogens with one attached hydrogen (secondary N) is 1. The van der Waals surface area contributed by atoms with E-state index in [4.69, 9.17) is 0 Å². The topological polar surface area (TPSA) is 24.9 Å². The summed E-state index contributed by atoms with van der Waals surface area (Å²) >= 11 is 12.3. The molecule has 6 heteroatoms. The van der Waals surface area contributed by atoms with Crippen LogP contribution in [0.4, 0.5) is 0 Å². The normalized spacial score (nSPS) is 12.7. The molecule has 0 bridgehead atoms. The summed E-state index contributed by atoms with van der Waals surface area (Å²) in [5.41, 5.74) is 2.22. The second kappa shape index (κ2) is 6.61. The molecule has 0 aromatic carbocycles. The SMILES string of the molecule is CCNC(c1cscc1Br)c1ncc(Br)cc1Br. The molecule has 2 nitrogen and oxygen atoms in total. The van der Waals surface area contributed by atoms with Crippen LogP contribution in [0.25, 0.3) is 0 Å². The van der Waals surface area contributed by atoms with E-state index in [1.807, 2.05) is 12.3 Å². The van der Waals surface area contributed by atoms with Crippen molar-refractivity contribution in [3.05, 3.63) is 47.7 Å². The molecule has 1 atom stereocenters. The fourth-order valence-corrected chi connectivity index (χ4v) is 4.46. The standard InChI is InChI=1S/C12H11Br3N2S/c1-2-16-11(8-5-18-6-10(8)15)12-9(14)3-7(13)4-17-12/h3-6,11,16H,2H2,1H3. The van der Waals surface area contributed by atoms with Gasteiger partial charge >= 0.3 is 0 Å². The Labute approximate surface area is 136 Å². The largest absolute Gasteiger partial charge is 0.305 e. The smallest absolute Gasteiger partial charge is 0.0782 e. The van der Waals surface area contributed by atoms with Crippen LogP contribution in [0.15, 0.2) is 36.4 Å². The highest BCUT2D eigenvalue weighted by Gasteiger charge is 2.20. The fraction of sp³-hybridized carbons (Fsp3) is 0.250. The van der Waals surface area contributed by atoms with E-state index in [0.29, 0.717) is 0 Å². The summed E-state index contributed by atoms with van der Waals surface area (Å²) in [4.78, 5) is 4.52. The van der Waals surface area contributed by atoms with Gasteiger partial charge < -0.3 is 5.32 Å². The van der Waals surface area contributed by atoms with Gasteiger partial charge in [0.15, 0.2) is 0 Å². The monoisotopic (exact) mass is 452 g/mol. The lowest BCUT2D eigenvalue weighted by molar-refractivity contribution is 0.612. The molecule has 96 valence electrons. The Bertz CT molecular complexity index is 542. The van der Waals surface area contributed by atoms with Crippen molar-refractivity contribution >= 4 is 59.1 Å². The van der Waals surface area contributed by atoms with Crippen LogP contribution in [0.3, 0.4) is 0 Å². The van der Waals surface area contributed by atoms with E-state index in [-0.39, 0.29) is 6.04 Å². The molecule has 0 saturated carbocycles. The Morgan fingerprint density at radius 2 is 2.06 bits per heavy atom. The van der Waals surface area contributed by atoms with E-state index in [9.17, 15) is 0 Å². The summed E-state index contributed by atoms with van der Waals surface area (Å²) in [6.07, 6.45) is 1.82. The second-order valence-corrected chi connectivity index (χ2v) is 7.05. The maximum absolute atomic E-state index is 4.52. The molecule has 0 aliphatic carbocycles. The Morgan fingerprint density at radius 3 is 2.61 bits per heavy atom. The Kier molecular flexibility index (Phi) is 5.38. The zero-order valence-corrected chi connectivity index (χ0v) is 15.2. The fourth-order valence-electron chi connectivity index (χ4n) is 1.69. The first-order valence-electron chi connectivity index (χ1n) is 5.39. The van der Waals surface area contributed by atoms with Gasteiger partial charge in [0.1, 0.15) is 0 Å². The van der Waals surface area contributed by atoms with E-state index in [0.717, 1.165) is 25.7 Å². The average Bonchev–Trinajstić information content (AvgIpc) is 2.73. The van der Waals surface area contributed by atoms with Gasteiger partial charge in [-0.15, -0.1) is 0 Å². The van der Waals surface area contributed by atoms with Gasteiger partial charge in [0.05, 0.1) is 11.7 Å². The maximum atomic E-state index is 4.52. The molecular weight excluding hydrogens is 444 g/mol. The summed E-state index contributed by atoms with van der Waals surface area (Å²) in [5.74, 6) is 0. The van der Waals surface area contributed by atoms with Gasteiger partial charge in [0, 0.05) is 30.6 Å². The van der Waals surface area contributed by atoms with Crippen molar-refractivity contribution < 1.29 is 0 Å². The third kappa shape index (κ3) is 3.22. The van der Waals surface area contributed by atoms with E-state index in [1.54, 1.807) is 11.3 Å². The van der Waals surface area contributed by atoms with Crippen molar-refractivity contribution in [3.8, 4) is 0 Å². The summed E-state index contributed by atoms with van der Waals surface area (Å²) in [5, 5.41) is 7.71. The number of nitrogens with zero attached hydrogens (tertiary/aromatic N) is 1. The van der Waals surface area contributed by atoms with Gasteiger partial charge in [-0.2, -0.15) is 11.3 Å². The lowest BCUT2D eigenvalue weighted by Crippen LogP contribution is -2.23. The summed E-state index contributed by atoms with van der Waals surface area (Å²) in [7, 11) is 0. The Hall–Kier alpha value is 0.250. The van der Waals surface area contributed by atoms with Crippen molar-refractivity contribution in [1.82, 2.24) is 10.3 Å². The van der Waals surface area contributed by atoms with Gasteiger partial charge in [-0.05, 0) is 65.8 Å². The molecule has 0 fully saturated rings. The molecule has 2 aromatic heterocycles. The van der Waals surface area contributed by atoms with Gasteiger partial charge in [-0.25, -0.2) is 0 Å². The van der Waals surface area contributed by atoms with Crippen molar-refractivity contribution in [3.63, 3.8) is 0 Å². The van der Waals surface area contributed by atoms with Gasteiger partial charge in [-0.3, -0.25) is 4.98 Å². The molecule has 1 unspecified atom stereocenters. The van der Waals surface area contributed by atoms with E-state index >= 15 is 0 Å². The molecule has 2 heterocycles. The number of aromatic nitrogens is 1. The lowest BCUT2D eigenvalue weighted by Gasteiger charge is -2.18. The van der Waals surface area contributed by atoms with Crippen LogP contribution in [0.1, 0.15) is 24.2 Å². The molecule has 0 spiro atoms. The molecule has 0 aliphatic heterocycles. The lowest BCUT2D eigenvalue weighted by atomic mass is 10.1. The average molecular weight is 455 g/mol. The van der Waals surface area contributed by atoms with Crippen LogP contribution in [0.2, 0.25) is 0 Å². The minimum atomic E-state index is 0.0955. The predicted molar refractivity (Wildman–Crippen MR) is 87.2 cm³/mol. The maximum Gasteiger partial charge on any atom is 0.0782 e. The zero-order valence-electron chi connectivity index (χ0n) is 9.58. The predicted octanol–water partition coefficient (Wildman–Crippen LogP) is 5.13. The van der Waals surface area contributed by atoms with E-state index in [1.165, 1.54) is 5.56 Å². The number of rotatable bonds is 4. The van der Waals surface area contributed by atoms with Crippen molar-refractivity contribution in [2.45, 2.75) is 13.0 Å². The summed E-state index contributed by atoms with van der Waals surface area (Å²) in [6.45, 7) is 2.98. The molecular formula is C12H11Br3N2S. The van der Waals surface area contributed by atoms with Crippen molar-refractivity contribution in [2.75, 3.05) is 6.54 Å². The molecule has 0 amide bonds. The quantitative estimate of drug-likeness (QED) is 0.692. The number of halogens is 3. The third-order valence-corrected chi connectivity index (χ3v) is 5.29. The minimum Gasteiger partial charge on any atom is -0.305 e. The minimum absolute atomic E-state index is 0.0955. The first-order chi connectivity index (χ1) is 8.63. The highest BCUT2D eigenvalue weighted by molar-refractivity contribution is 9.11. The van der Waals surface area contributed by atoms with Gasteiger partial charge in [0.25, 0.3) is 0 Å². The van der Waals surface area contributed by atoms with Crippen LogP contribution < -0.4 is 5.32 Å². The molecule has 0 radical (unpaired) electrons. The number of thiophene rings is 1. The summed E-state index contributed by atoms with van der Waals surface area (Å²) in [6, 6.07) is 2.12. The van der Waals surface area contributed by atoms with Crippen LogP contribution in [0.5, 0.6) is 0 Å². The van der Waals surface area contributed by atoms with Gasteiger partial charge in [-0.1, -0.05) is 6.92 Å². The van der Waals surface area contributed by atoms with Gasteiger partial charge in [0.2, 0.25) is 0 Å². The Morgan fingerprint density at radius 1 is 1.28 bits per heavy atom. The third-order valence-electron chi connectivity index (χ3n) is 2.47. The molecule has 1 N–H and O–H groups in total. The van der Waals surface area contributed by atoms with Crippen molar-refractivity contribution in [2.24, 2.45) is 0 Å². The number of hydrogen-bond donors (Lipinski definition) is 1. The Balaban J connectivity index is 2.45. The second-order valence-electron chi connectivity index (χ2n) is 3.69. The van der Waals surface area contributed by atoms with Crippen LogP contribution >= 0.6 is 59.1 Å². The molecule has 2 rings (SSSR count). The van der Waals surface area contributed by atoms with Crippen molar-refractivity contribution in [1.29, 1.82) is 0 Å². The highest BCUT2D eigenvalue weighted by atomic mass is 79.9. The van der Waals surface area contributed by atoms with Crippen LogP contribution in [-0.4, -0.2) is 11.5 Å². The summed E-state index contributed by atoms with van der Waals surface area (Å²) < 4.78 is 3.09. The molecule has 0 aliphatic rings. The van der Waals surface area contributed by atoms with E-state index < -0.39 is 0 Å². The molecule has 0 saturated heterocycles. The molecule has 2 aromatic rings. The zero-order chi connectivity index (χ0) is 13.1. The number of hydrogen-bond acceptors (Lipinski definition) is 3. The molecule has 18 heavy (non-hydrogen) atoms.